The summed E-state index contributed by atoms with van der Waals surface area (Å²) in [5.41, 5.74) is 2.95. The number of hydrogen-bond acceptors (Lipinski definition) is 2. The standard InChI is InChI=1S/C12H15BrN2/c1-14-7-11(8-14)15-5-4-9-2-3-10(13)6-12(9)15/h2-3,6,11H,4-5,7-8H2,1H3. The molecule has 0 atom stereocenters. The Morgan fingerprint density at radius 1 is 1.33 bits per heavy atom. The third kappa shape index (κ3) is 1.58. The van der Waals surface area contributed by atoms with Crippen molar-refractivity contribution in [1.82, 2.24) is 4.90 Å². The molecule has 0 spiro atoms. The molecule has 0 N–H and O–H groups in total. The summed E-state index contributed by atoms with van der Waals surface area (Å²) in [7, 11) is 2.19. The van der Waals surface area contributed by atoms with Crippen molar-refractivity contribution in [2.45, 2.75) is 12.5 Å². The lowest BCUT2D eigenvalue weighted by molar-refractivity contribution is 0.185. The molecule has 2 aliphatic rings. The molecule has 2 nitrogen and oxygen atoms in total. The van der Waals surface area contributed by atoms with Crippen molar-refractivity contribution in [2.24, 2.45) is 0 Å². The molecule has 0 bridgehead atoms. The van der Waals surface area contributed by atoms with E-state index in [1.54, 1.807) is 0 Å². The fourth-order valence-corrected chi connectivity index (χ4v) is 2.97. The maximum absolute atomic E-state index is 3.56. The first-order chi connectivity index (χ1) is 7.24. The van der Waals surface area contributed by atoms with Crippen LogP contribution in [0.4, 0.5) is 5.69 Å². The summed E-state index contributed by atoms with van der Waals surface area (Å²) in [6.45, 7) is 3.63. The molecule has 1 fully saturated rings. The summed E-state index contributed by atoms with van der Waals surface area (Å²) >= 11 is 3.56. The van der Waals surface area contributed by atoms with Crippen LogP contribution in [-0.4, -0.2) is 37.6 Å². The van der Waals surface area contributed by atoms with E-state index in [4.69, 9.17) is 0 Å². The summed E-state index contributed by atoms with van der Waals surface area (Å²) in [5, 5.41) is 0. The fraction of sp³-hybridized carbons (Fsp3) is 0.500. The van der Waals surface area contributed by atoms with Crippen LogP contribution in [0.1, 0.15) is 5.56 Å². The van der Waals surface area contributed by atoms with Gasteiger partial charge in [-0.1, -0.05) is 22.0 Å². The quantitative estimate of drug-likeness (QED) is 0.769. The Morgan fingerprint density at radius 3 is 2.87 bits per heavy atom. The number of nitrogens with zero attached hydrogens (tertiary/aromatic N) is 2. The number of benzene rings is 1. The van der Waals surface area contributed by atoms with Gasteiger partial charge in [-0.05, 0) is 31.2 Å². The summed E-state index contributed by atoms with van der Waals surface area (Å²) in [4.78, 5) is 4.95. The molecular weight excluding hydrogens is 252 g/mol. The van der Waals surface area contributed by atoms with Gasteiger partial charge in [-0.25, -0.2) is 0 Å². The lowest BCUT2D eigenvalue weighted by Crippen LogP contribution is -2.57. The number of anilines is 1. The van der Waals surface area contributed by atoms with Crippen LogP contribution in [-0.2, 0) is 6.42 Å². The van der Waals surface area contributed by atoms with Crippen LogP contribution >= 0.6 is 15.9 Å². The van der Waals surface area contributed by atoms with Gasteiger partial charge in [0.25, 0.3) is 0 Å². The Hall–Kier alpha value is -0.540. The van der Waals surface area contributed by atoms with Crippen LogP contribution < -0.4 is 4.90 Å². The Morgan fingerprint density at radius 2 is 2.13 bits per heavy atom. The molecule has 1 saturated heterocycles. The second-order valence-corrected chi connectivity index (χ2v) is 5.51. The Balaban J connectivity index is 1.87. The monoisotopic (exact) mass is 266 g/mol. The molecule has 2 heterocycles. The third-order valence-corrected chi connectivity index (χ3v) is 3.96. The van der Waals surface area contributed by atoms with Crippen molar-refractivity contribution in [3.63, 3.8) is 0 Å². The Kier molecular flexibility index (Phi) is 2.25. The highest BCUT2D eigenvalue weighted by molar-refractivity contribution is 9.10. The molecular formula is C12H15BrN2. The summed E-state index contributed by atoms with van der Waals surface area (Å²) in [5.74, 6) is 0. The molecule has 0 aliphatic carbocycles. The molecule has 1 aromatic rings. The third-order valence-electron chi connectivity index (χ3n) is 3.46. The van der Waals surface area contributed by atoms with Gasteiger partial charge in [-0.3, -0.25) is 0 Å². The van der Waals surface area contributed by atoms with Crippen molar-refractivity contribution in [3.8, 4) is 0 Å². The van der Waals surface area contributed by atoms with Crippen LogP contribution in [0.5, 0.6) is 0 Å². The average molecular weight is 267 g/mol. The normalized spacial score (nSPS) is 21.6. The second kappa shape index (κ2) is 3.49. The average Bonchev–Trinajstić information content (AvgIpc) is 2.56. The minimum atomic E-state index is 0.741. The van der Waals surface area contributed by atoms with E-state index in [1.165, 1.54) is 41.8 Å². The van der Waals surface area contributed by atoms with Crippen LogP contribution in [0, 0.1) is 0 Å². The molecule has 0 amide bonds. The maximum Gasteiger partial charge on any atom is 0.0544 e. The van der Waals surface area contributed by atoms with E-state index in [0.717, 1.165) is 6.04 Å². The lowest BCUT2D eigenvalue weighted by Gasteiger charge is -2.43. The van der Waals surface area contributed by atoms with E-state index < -0.39 is 0 Å². The zero-order chi connectivity index (χ0) is 10.4. The Labute approximate surface area is 99.0 Å². The summed E-state index contributed by atoms with van der Waals surface area (Å²) in [6, 6.07) is 7.41. The molecule has 1 aromatic carbocycles. The highest BCUT2D eigenvalue weighted by atomic mass is 79.9. The van der Waals surface area contributed by atoms with E-state index in [0.29, 0.717) is 0 Å². The van der Waals surface area contributed by atoms with Crippen molar-refractivity contribution in [1.29, 1.82) is 0 Å². The predicted molar refractivity (Wildman–Crippen MR) is 66.5 cm³/mol. The predicted octanol–water partition coefficient (Wildman–Crippen LogP) is 2.13. The highest BCUT2D eigenvalue weighted by Gasteiger charge is 2.32. The first-order valence-electron chi connectivity index (χ1n) is 5.47. The molecule has 0 radical (unpaired) electrons. The molecule has 2 aliphatic heterocycles. The van der Waals surface area contributed by atoms with Gasteiger partial charge in [0, 0.05) is 29.8 Å². The van der Waals surface area contributed by atoms with Gasteiger partial charge in [0.05, 0.1) is 6.04 Å². The molecule has 3 heteroatoms. The van der Waals surface area contributed by atoms with Crippen LogP contribution in [0.2, 0.25) is 0 Å². The van der Waals surface area contributed by atoms with Gasteiger partial charge < -0.3 is 9.80 Å². The second-order valence-electron chi connectivity index (χ2n) is 4.59. The van der Waals surface area contributed by atoms with Gasteiger partial charge in [-0.15, -0.1) is 0 Å². The van der Waals surface area contributed by atoms with Crippen molar-refractivity contribution >= 4 is 21.6 Å². The first kappa shape index (κ1) is 9.67. The van der Waals surface area contributed by atoms with Crippen molar-refractivity contribution in [3.05, 3.63) is 28.2 Å². The number of halogens is 1. The number of likely N-dealkylation sites (tertiary alicyclic amines) is 1. The molecule has 3 rings (SSSR count). The fourth-order valence-electron chi connectivity index (χ4n) is 2.62. The van der Waals surface area contributed by atoms with E-state index >= 15 is 0 Å². The topological polar surface area (TPSA) is 6.48 Å². The van der Waals surface area contributed by atoms with E-state index in [9.17, 15) is 0 Å². The van der Waals surface area contributed by atoms with Gasteiger partial charge in [-0.2, -0.15) is 0 Å². The van der Waals surface area contributed by atoms with Crippen LogP contribution in [0.15, 0.2) is 22.7 Å². The van der Waals surface area contributed by atoms with Gasteiger partial charge >= 0.3 is 0 Å². The zero-order valence-electron chi connectivity index (χ0n) is 8.91. The van der Waals surface area contributed by atoms with Crippen molar-refractivity contribution < 1.29 is 0 Å². The number of likely N-dealkylation sites (N-methyl/N-ethyl adjacent to an activating group) is 1. The maximum atomic E-state index is 3.56. The smallest absolute Gasteiger partial charge is 0.0544 e. The van der Waals surface area contributed by atoms with E-state index in [2.05, 4.69) is 51.0 Å². The molecule has 80 valence electrons. The van der Waals surface area contributed by atoms with Crippen LogP contribution in [0.3, 0.4) is 0 Å². The minimum Gasteiger partial charge on any atom is -0.365 e. The van der Waals surface area contributed by atoms with E-state index in [-0.39, 0.29) is 0 Å². The lowest BCUT2D eigenvalue weighted by atomic mass is 10.1. The zero-order valence-corrected chi connectivity index (χ0v) is 10.5. The summed E-state index contributed by atoms with van der Waals surface area (Å²) < 4.78 is 1.20. The van der Waals surface area contributed by atoms with Gasteiger partial charge in [0.2, 0.25) is 0 Å². The van der Waals surface area contributed by atoms with Crippen molar-refractivity contribution in [2.75, 3.05) is 31.6 Å². The highest BCUT2D eigenvalue weighted by Crippen LogP contribution is 2.33. The van der Waals surface area contributed by atoms with Gasteiger partial charge in [0.15, 0.2) is 0 Å². The SMILES string of the molecule is CN1CC(N2CCc3ccc(Br)cc32)C1. The van der Waals surface area contributed by atoms with Gasteiger partial charge in [0.1, 0.15) is 0 Å². The van der Waals surface area contributed by atoms with Crippen LogP contribution in [0.25, 0.3) is 0 Å². The number of rotatable bonds is 1. The summed E-state index contributed by atoms with van der Waals surface area (Å²) in [6.07, 6.45) is 1.21. The number of fused-ring (bicyclic) bond motifs is 1. The molecule has 0 unspecified atom stereocenters. The number of hydrogen-bond donors (Lipinski definition) is 0. The van der Waals surface area contributed by atoms with E-state index in [1.807, 2.05) is 0 Å². The molecule has 15 heavy (non-hydrogen) atoms. The first-order valence-corrected chi connectivity index (χ1v) is 6.27. The molecule has 0 saturated carbocycles. The Bertz CT molecular complexity index is 385. The largest absolute Gasteiger partial charge is 0.365 e. The minimum absolute atomic E-state index is 0.741. The molecule has 0 aromatic heterocycles.